The third-order valence-corrected chi connectivity index (χ3v) is 4.99. The Kier molecular flexibility index (Phi) is 7.03. The number of anilines is 1. The topological polar surface area (TPSA) is 39.7 Å². The standard InChI is InChI=1S/C23H22FNO3S/c1-26-21-14-17(15-22(27-2)23(21)28-3)8-7-16-5-4-6-19(13-16)25-29-20-11-9-18(24)10-12-20/h4-15,25H,1-3H3/b8-7-. The highest BCUT2D eigenvalue weighted by Gasteiger charge is 2.11. The molecule has 0 unspecified atom stereocenters. The summed E-state index contributed by atoms with van der Waals surface area (Å²) in [5, 5.41) is 0. The Bertz CT molecular complexity index is 965. The maximum Gasteiger partial charge on any atom is 0.203 e. The lowest BCUT2D eigenvalue weighted by Gasteiger charge is -2.12. The highest BCUT2D eigenvalue weighted by Crippen LogP contribution is 2.38. The molecule has 0 radical (unpaired) electrons. The molecule has 0 saturated heterocycles. The molecule has 0 amide bonds. The maximum absolute atomic E-state index is 13.0. The quantitative estimate of drug-likeness (QED) is 0.356. The zero-order chi connectivity index (χ0) is 20.6. The second-order valence-electron chi connectivity index (χ2n) is 6.08. The monoisotopic (exact) mass is 411 g/mol. The van der Waals surface area contributed by atoms with Crippen molar-refractivity contribution in [3.8, 4) is 17.2 Å². The third kappa shape index (κ3) is 5.45. The van der Waals surface area contributed by atoms with E-state index in [1.54, 1.807) is 33.5 Å². The van der Waals surface area contributed by atoms with E-state index in [0.717, 1.165) is 21.7 Å². The summed E-state index contributed by atoms with van der Waals surface area (Å²) in [5.74, 6) is 1.54. The van der Waals surface area contributed by atoms with Gasteiger partial charge in [-0.1, -0.05) is 24.3 Å². The Morgan fingerprint density at radius 3 is 2.07 bits per heavy atom. The molecule has 0 aromatic heterocycles. The Morgan fingerprint density at radius 2 is 1.45 bits per heavy atom. The molecule has 0 saturated carbocycles. The average molecular weight is 411 g/mol. The second kappa shape index (κ2) is 9.89. The average Bonchev–Trinajstić information content (AvgIpc) is 2.76. The fourth-order valence-electron chi connectivity index (χ4n) is 2.72. The Morgan fingerprint density at radius 1 is 0.793 bits per heavy atom. The van der Waals surface area contributed by atoms with Crippen LogP contribution in [0.1, 0.15) is 11.1 Å². The molecule has 0 aliphatic heterocycles. The summed E-state index contributed by atoms with van der Waals surface area (Å²) in [5.41, 5.74) is 2.91. The van der Waals surface area contributed by atoms with E-state index in [2.05, 4.69) is 4.72 Å². The van der Waals surface area contributed by atoms with Crippen LogP contribution in [0.3, 0.4) is 0 Å². The second-order valence-corrected chi connectivity index (χ2v) is 6.96. The van der Waals surface area contributed by atoms with Gasteiger partial charge < -0.3 is 18.9 Å². The summed E-state index contributed by atoms with van der Waals surface area (Å²) in [6.07, 6.45) is 3.99. The normalized spacial score (nSPS) is 10.8. The molecule has 0 aliphatic carbocycles. The minimum atomic E-state index is -0.242. The molecule has 0 fully saturated rings. The Balaban J connectivity index is 1.74. The van der Waals surface area contributed by atoms with Crippen LogP contribution in [-0.4, -0.2) is 21.3 Å². The number of methoxy groups -OCH3 is 3. The predicted octanol–water partition coefficient (Wildman–Crippen LogP) is 6.14. The smallest absolute Gasteiger partial charge is 0.203 e. The molecule has 3 aromatic rings. The van der Waals surface area contributed by atoms with E-state index < -0.39 is 0 Å². The largest absolute Gasteiger partial charge is 0.493 e. The van der Waals surface area contributed by atoms with Crippen LogP contribution >= 0.6 is 11.9 Å². The molecule has 4 nitrogen and oxygen atoms in total. The molecule has 0 heterocycles. The minimum Gasteiger partial charge on any atom is -0.493 e. The fourth-order valence-corrected chi connectivity index (χ4v) is 3.35. The van der Waals surface area contributed by atoms with Crippen molar-refractivity contribution in [2.45, 2.75) is 4.90 Å². The first-order chi connectivity index (χ1) is 14.1. The number of rotatable bonds is 8. The Labute approximate surface area is 174 Å². The van der Waals surface area contributed by atoms with Gasteiger partial charge in [0.2, 0.25) is 5.75 Å². The number of hydrogen-bond acceptors (Lipinski definition) is 5. The highest BCUT2D eigenvalue weighted by atomic mass is 32.2. The molecule has 6 heteroatoms. The van der Waals surface area contributed by atoms with Crippen LogP contribution in [0.2, 0.25) is 0 Å². The Hall–Kier alpha value is -3.12. The van der Waals surface area contributed by atoms with Crippen molar-refractivity contribution in [2.24, 2.45) is 0 Å². The van der Waals surface area contributed by atoms with Gasteiger partial charge in [0.1, 0.15) is 5.82 Å². The molecule has 1 N–H and O–H groups in total. The van der Waals surface area contributed by atoms with Gasteiger partial charge in [-0.05, 0) is 71.6 Å². The third-order valence-electron chi connectivity index (χ3n) is 4.14. The van der Waals surface area contributed by atoms with Crippen LogP contribution in [0.4, 0.5) is 10.1 Å². The van der Waals surface area contributed by atoms with Crippen LogP contribution in [0, 0.1) is 5.82 Å². The predicted molar refractivity (Wildman–Crippen MR) is 117 cm³/mol. The SMILES string of the molecule is COc1cc(/C=C\c2cccc(NSc3ccc(F)cc3)c2)cc(OC)c1OC. The summed E-state index contributed by atoms with van der Waals surface area (Å²) in [6.45, 7) is 0. The van der Waals surface area contributed by atoms with E-state index in [0.29, 0.717) is 17.2 Å². The molecule has 29 heavy (non-hydrogen) atoms. The molecule has 3 aromatic carbocycles. The van der Waals surface area contributed by atoms with Gasteiger partial charge >= 0.3 is 0 Å². The van der Waals surface area contributed by atoms with E-state index in [1.807, 2.05) is 48.6 Å². The summed E-state index contributed by atoms with van der Waals surface area (Å²) >= 11 is 1.43. The zero-order valence-electron chi connectivity index (χ0n) is 16.4. The maximum atomic E-state index is 13.0. The van der Waals surface area contributed by atoms with E-state index >= 15 is 0 Å². The van der Waals surface area contributed by atoms with Crippen molar-refractivity contribution in [2.75, 3.05) is 26.1 Å². The van der Waals surface area contributed by atoms with Gasteiger partial charge in [-0.3, -0.25) is 0 Å². The van der Waals surface area contributed by atoms with Gasteiger partial charge in [0.05, 0.1) is 21.3 Å². The van der Waals surface area contributed by atoms with Crippen LogP contribution in [0.25, 0.3) is 12.2 Å². The van der Waals surface area contributed by atoms with Crippen molar-refractivity contribution >= 4 is 29.8 Å². The molecule has 0 atom stereocenters. The number of hydrogen-bond donors (Lipinski definition) is 1. The van der Waals surface area contributed by atoms with Gasteiger partial charge in [0, 0.05) is 10.6 Å². The summed E-state index contributed by atoms with van der Waals surface area (Å²) in [6, 6.07) is 18.2. The molecule has 0 aliphatic rings. The lowest BCUT2D eigenvalue weighted by atomic mass is 10.1. The number of benzene rings is 3. The summed E-state index contributed by atoms with van der Waals surface area (Å²) < 4.78 is 32.4. The van der Waals surface area contributed by atoms with Gasteiger partial charge in [0.25, 0.3) is 0 Å². The molecule has 3 rings (SSSR count). The first-order valence-electron chi connectivity index (χ1n) is 8.89. The lowest BCUT2D eigenvalue weighted by molar-refractivity contribution is 0.324. The van der Waals surface area contributed by atoms with Crippen molar-refractivity contribution in [1.82, 2.24) is 0 Å². The van der Waals surface area contributed by atoms with Crippen LogP contribution in [0.5, 0.6) is 17.2 Å². The van der Waals surface area contributed by atoms with Crippen LogP contribution in [0.15, 0.2) is 65.6 Å². The van der Waals surface area contributed by atoms with Gasteiger partial charge in [-0.15, -0.1) is 0 Å². The van der Waals surface area contributed by atoms with Crippen molar-refractivity contribution < 1.29 is 18.6 Å². The first-order valence-corrected chi connectivity index (χ1v) is 9.71. The molecule has 0 spiro atoms. The van der Waals surface area contributed by atoms with Crippen molar-refractivity contribution in [3.63, 3.8) is 0 Å². The van der Waals surface area contributed by atoms with E-state index in [1.165, 1.54) is 24.1 Å². The van der Waals surface area contributed by atoms with Crippen LogP contribution in [-0.2, 0) is 0 Å². The lowest BCUT2D eigenvalue weighted by Crippen LogP contribution is -1.95. The molecular weight excluding hydrogens is 389 g/mol. The van der Waals surface area contributed by atoms with E-state index in [4.69, 9.17) is 14.2 Å². The summed E-state index contributed by atoms with van der Waals surface area (Å²) in [4.78, 5) is 0.935. The molecule has 150 valence electrons. The number of ether oxygens (including phenoxy) is 3. The highest BCUT2D eigenvalue weighted by molar-refractivity contribution is 8.00. The van der Waals surface area contributed by atoms with Gasteiger partial charge in [-0.2, -0.15) is 0 Å². The van der Waals surface area contributed by atoms with Crippen LogP contribution < -0.4 is 18.9 Å². The summed E-state index contributed by atoms with van der Waals surface area (Å²) in [7, 11) is 4.77. The minimum absolute atomic E-state index is 0.242. The first kappa shape index (κ1) is 20.6. The number of halogens is 1. The zero-order valence-corrected chi connectivity index (χ0v) is 17.3. The van der Waals surface area contributed by atoms with Crippen molar-refractivity contribution in [1.29, 1.82) is 0 Å². The van der Waals surface area contributed by atoms with E-state index in [9.17, 15) is 4.39 Å². The van der Waals surface area contributed by atoms with E-state index in [-0.39, 0.29) is 5.82 Å². The van der Waals surface area contributed by atoms with Gasteiger partial charge in [0.15, 0.2) is 11.5 Å². The fraction of sp³-hybridized carbons (Fsp3) is 0.130. The molecule has 0 bridgehead atoms. The number of nitrogens with one attached hydrogen (secondary N) is 1. The molecular formula is C23H22FNO3S. The van der Waals surface area contributed by atoms with Gasteiger partial charge in [-0.25, -0.2) is 4.39 Å². The van der Waals surface area contributed by atoms with Crippen molar-refractivity contribution in [3.05, 3.63) is 77.6 Å².